The summed E-state index contributed by atoms with van der Waals surface area (Å²) < 4.78 is 4.72. The average Bonchev–Trinajstić information content (AvgIpc) is 2.45. The van der Waals surface area contributed by atoms with Gasteiger partial charge in [0.1, 0.15) is 0 Å². The maximum atomic E-state index is 12.6. The molecule has 0 aromatic heterocycles. The van der Waals surface area contributed by atoms with Gasteiger partial charge in [-0.25, -0.2) is 0 Å². The Kier molecular flexibility index (Phi) is 5.25. The number of hydrogen-bond donors (Lipinski definition) is 1. The maximum absolute atomic E-state index is 12.6. The van der Waals surface area contributed by atoms with Gasteiger partial charge in [-0.05, 0) is 37.5 Å². The predicted octanol–water partition coefficient (Wildman–Crippen LogP) is 1.41. The molecule has 0 heterocycles. The number of amides is 1. The van der Waals surface area contributed by atoms with Crippen molar-refractivity contribution in [1.82, 2.24) is 4.90 Å². The largest absolute Gasteiger partial charge is 0.469 e. The van der Waals surface area contributed by atoms with Crippen LogP contribution in [0.5, 0.6) is 0 Å². The smallest absolute Gasteiger partial charge is 0.310 e. The van der Waals surface area contributed by atoms with E-state index in [4.69, 9.17) is 10.5 Å². The first kappa shape index (κ1) is 16.3. The quantitative estimate of drug-likeness (QED) is 0.796. The van der Waals surface area contributed by atoms with Gasteiger partial charge in [0, 0.05) is 25.6 Å². The summed E-state index contributed by atoms with van der Waals surface area (Å²) in [5.74, 6) is 0.687. The lowest BCUT2D eigenvalue weighted by atomic mass is 9.65. The van der Waals surface area contributed by atoms with Gasteiger partial charge >= 0.3 is 5.97 Å². The second-order valence-corrected chi connectivity index (χ2v) is 6.84. The van der Waals surface area contributed by atoms with E-state index in [0.717, 1.165) is 25.7 Å². The molecule has 3 atom stereocenters. The molecule has 0 aliphatic heterocycles. The minimum atomic E-state index is -0.283. The number of rotatable bonds is 4. The molecule has 0 radical (unpaired) electrons. The highest BCUT2D eigenvalue weighted by Gasteiger charge is 2.41. The lowest BCUT2D eigenvalue weighted by molar-refractivity contribution is -0.147. The third-order valence-electron chi connectivity index (χ3n) is 5.29. The Balaban J connectivity index is 1.92. The van der Waals surface area contributed by atoms with Gasteiger partial charge in [-0.3, -0.25) is 9.59 Å². The van der Waals surface area contributed by atoms with Gasteiger partial charge < -0.3 is 15.4 Å². The molecule has 5 heteroatoms. The van der Waals surface area contributed by atoms with E-state index >= 15 is 0 Å². The molecule has 2 saturated carbocycles. The number of fused-ring (bicyclic) bond motifs is 2. The van der Waals surface area contributed by atoms with Crippen LogP contribution in [0.1, 0.15) is 39.0 Å². The fourth-order valence-corrected chi connectivity index (χ4v) is 4.08. The van der Waals surface area contributed by atoms with Gasteiger partial charge in [-0.15, -0.1) is 0 Å². The normalized spacial score (nSPS) is 33.1. The molecule has 2 aliphatic carbocycles. The van der Waals surface area contributed by atoms with Crippen molar-refractivity contribution < 1.29 is 14.3 Å². The molecular formula is C16H28N2O3. The van der Waals surface area contributed by atoms with Crippen LogP contribution in [0.3, 0.4) is 0 Å². The summed E-state index contributed by atoms with van der Waals surface area (Å²) >= 11 is 0. The van der Waals surface area contributed by atoms with Crippen LogP contribution in [-0.2, 0) is 14.3 Å². The number of ether oxygens (including phenoxy) is 1. The lowest BCUT2D eigenvalue weighted by Crippen LogP contribution is -2.49. The van der Waals surface area contributed by atoms with E-state index < -0.39 is 0 Å². The number of carbonyl (C=O) groups is 2. The molecule has 2 fully saturated rings. The van der Waals surface area contributed by atoms with Gasteiger partial charge in [0.05, 0.1) is 13.0 Å². The number of carbonyl (C=O) groups excluding carboxylic acids is 2. The molecule has 2 N–H and O–H groups in total. The first-order valence-corrected chi connectivity index (χ1v) is 8.02. The summed E-state index contributed by atoms with van der Waals surface area (Å²) in [5, 5.41) is 0. The summed E-state index contributed by atoms with van der Waals surface area (Å²) in [6.45, 7) is 2.21. The van der Waals surface area contributed by atoms with Crippen LogP contribution in [0.25, 0.3) is 0 Å². The number of esters is 1. The van der Waals surface area contributed by atoms with Crippen LogP contribution in [0.2, 0.25) is 0 Å². The van der Waals surface area contributed by atoms with E-state index in [1.54, 1.807) is 18.9 Å². The molecule has 1 amide bonds. The van der Waals surface area contributed by atoms with Crippen LogP contribution in [0.4, 0.5) is 0 Å². The summed E-state index contributed by atoms with van der Waals surface area (Å²) in [4.78, 5) is 25.8. The molecule has 0 saturated heterocycles. The van der Waals surface area contributed by atoms with Crippen LogP contribution >= 0.6 is 0 Å². The molecule has 21 heavy (non-hydrogen) atoms. The van der Waals surface area contributed by atoms with E-state index in [9.17, 15) is 9.59 Å². The van der Waals surface area contributed by atoms with E-state index in [1.807, 2.05) is 0 Å². The molecule has 120 valence electrons. The van der Waals surface area contributed by atoms with Gasteiger partial charge in [0.2, 0.25) is 5.91 Å². The topological polar surface area (TPSA) is 72.6 Å². The molecule has 0 spiro atoms. The molecule has 5 nitrogen and oxygen atoms in total. The van der Waals surface area contributed by atoms with Crippen molar-refractivity contribution in [2.75, 3.05) is 20.7 Å². The Morgan fingerprint density at radius 3 is 2.38 bits per heavy atom. The maximum Gasteiger partial charge on any atom is 0.310 e. The fraction of sp³-hybridized carbons (Fsp3) is 0.875. The first-order chi connectivity index (χ1) is 9.93. The first-order valence-electron chi connectivity index (χ1n) is 8.02. The molecule has 0 aromatic carbocycles. The van der Waals surface area contributed by atoms with E-state index in [1.165, 1.54) is 13.5 Å². The van der Waals surface area contributed by atoms with Crippen molar-refractivity contribution in [3.8, 4) is 0 Å². The number of hydrogen-bond acceptors (Lipinski definition) is 4. The highest BCUT2D eigenvalue weighted by molar-refractivity contribution is 5.80. The van der Waals surface area contributed by atoms with E-state index in [2.05, 4.69) is 0 Å². The standard InChI is InChI=1S/C16H28N2O3/c1-10(16(20)21-3)9-18(2)15(19)13-7-11-5-4-6-12(8-13)14(11)17/h10-14H,4-9,17H2,1-3H3. The van der Waals surface area contributed by atoms with Crippen LogP contribution < -0.4 is 5.73 Å². The zero-order chi connectivity index (χ0) is 15.6. The minimum Gasteiger partial charge on any atom is -0.469 e. The van der Waals surface area contributed by atoms with Crippen LogP contribution in [0.15, 0.2) is 0 Å². The summed E-state index contributed by atoms with van der Waals surface area (Å²) in [7, 11) is 3.16. The SMILES string of the molecule is COC(=O)C(C)CN(C)C(=O)C1CC2CCCC(C1)C2N. The van der Waals surface area contributed by atoms with E-state index in [0.29, 0.717) is 18.4 Å². The molecule has 2 aliphatic rings. The lowest BCUT2D eigenvalue weighted by Gasteiger charge is -2.44. The van der Waals surface area contributed by atoms with Gasteiger partial charge in [-0.1, -0.05) is 13.3 Å². The molecule has 0 aromatic rings. The summed E-state index contributed by atoms with van der Waals surface area (Å²) in [6, 6.07) is 0.280. The highest BCUT2D eigenvalue weighted by atomic mass is 16.5. The Bertz CT molecular complexity index is 385. The zero-order valence-electron chi connectivity index (χ0n) is 13.4. The van der Waals surface area contributed by atoms with Gasteiger partial charge in [-0.2, -0.15) is 0 Å². The van der Waals surface area contributed by atoms with Gasteiger partial charge in [0.25, 0.3) is 0 Å². The second kappa shape index (κ2) is 6.77. The fourth-order valence-electron chi connectivity index (χ4n) is 4.08. The second-order valence-electron chi connectivity index (χ2n) is 6.84. The number of methoxy groups -OCH3 is 1. The predicted molar refractivity (Wildman–Crippen MR) is 80.3 cm³/mol. The van der Waals surface area contributed by atoms with Gasteiger partial charge in [0.15, 0.2) is 0 Å². The Labute approximate surface area is 127 Å². The molecular weight excluding hydrogens is 268 g/mol. The monoisotopic (exact) mass is 296 g/mol. The number of nitrogens with zero attached hydrogens (tertiary/aromatic N) is 1. The Hall–Kier alpha value is -1.10. The van der Waals surface area contributed by atoms with Crippen molar-refractivity contribution in [2.45, 2.75) is 45.1 Å². The van der Waals surface area contributed by atoms with Crippen LogP contribution in [-0.4, -0.2) is 43.5 Å². The van der Waals surface area contributed by atoms with Crippen molar-refractivity contribution >= 4 is 11.9 Å². The minimum absolute atomic E-state index is 0.0787. The van der Waals surface area contributed by atoms with Crippen molar-refractivity contribution in [3.63, 3.8) is 0 Å². The highest BCUT2D eigenvalue weighted by Crippen LogP contribution is 2.42. The van der Waals surface area contributed by atoms with Crippen molar-refractivity contribution in [2.24, 2.45) is 29.4 Å². The van der Waals surface area contributed by atoms with Crippen molar-refractivity contribution in [3.05, 3.63) is 0 Å². The van der Waals surface area contributed by atoms with E-state index in [-0.39, 0.29) is 29.8 Å². The zero-order valence-corrected chi connectivity index (χ0v) is 13.4. The number of nitrogens with two attached hydrogens (primary N) is 1. The van der Waals surface area contributed by atoms with Crippen molar-refractivity contribution in [1.29, 1.82) is 0 Å². The third-order valence-corrected chi connectivity index (χ3v) is 5.29. The molecule has 2 bridgehead atoms. The Morgan fingerprint density at radius 2 is 1.86 bits per heavy atom. The summed E-state index contributed by atoms with van der Waals surface area (Å²) in [6.07, 6.45) is 5.38. The molecule has 2 rings (SSSR count). The molecule has 3 unspecified atom stereocenters. The third kappa shape index (κ3) is 3.57. The average molecular weight is 296 g/mol. The summed E-state index contributed by atoms with van der Waals surface area (Å²) in [5.41, 5.74) is 6.28. The van der Waals surface area contributed by atoms with Crippen LogP contribution in [0, 0.1) is 23.7 Å². The Morgan fingerprint density at radius 1 is 1.29 bits per heavy atom.